The van der Waals surface area contributed by atoms with E-state index in [1.54, 1.807) is 11.8 Å². The van der Waals surface area contributed by atoms with Crippen LogP contribution in [-0.4, -0.2) is 50.1 Å². The first-order valence-corrected chi connectivity index (χ1v) is 13.7. The molecule has 4 unspecified atom stereocenters. The highest BCUT2D eigenvalue weighted by molar-refractivity contribution is 7.99. The predicted octanol–water partition coefficient (Wildman–Crippen LogP) is 2.20. The number of phenolic OH excluding ortho intramolecular Hbond substituents is 1. The van der Waals surface area contributed by atoms with E-state index in [4.69, 9.17) is 5.73 Å². The third kappa shape index (κ3) is 3.74. The maximum absolute atomic E-state index is 13.7. The van der Waals surface area contributed by atoms with Crippen molar-refractivity contribution in [2.24, 2.45) is 29.4 Å². The number of thioether (sulfide) groups is 1. The summed E-state index contributed by atoms with van der Waals surface area (Å²) in [5.74, 6) is -9.04. The summed E-state index contributed by atoms with van der Waals surface area (Å²) in [5.41, 5.74) is 4.88. The third-order valence-corrected chi connectivity index (χ3v) is 10.2. The summed E-state index contributed by atoms with van der Waals surface area (Å²) >= 11 is 1.77. The molecule has 0 aromatic heterocycles. The number of carbonyl (C=O) groups is 5. The number of primary amides is 1. The van der Waals surface area contributed by atoms with Crippen LogP contribution in [0.4, 0.5) is 0 Å². The molecule has 1 amide bonds. The van der Waals surface area contributed by atoms with Crippen molar-refractivity contribution < 1.29 is 34.2 Å². The monoisotopic (exact) mass is 513 g/mol. The molecule has 5 atom stereocenters. The van der Waals surface area contributed by atoms with Gasteiger partial charge in [0.2, 0.25) is 5.91 Å². The van der Waals surface area contributed by atoms with Gasteiger partial charge in [-0.25, -0.2) is 0 Å². The number of hydrogen-bond acceptors (Lipinski definition) is 8. The van der Waals surface area contributed by atoms with E-state index in [9.17, 15) is 34.2 Å². The van der Waals surface area contributed by atoms with Crippen LogP contribution >= 0.6 is 11.8 Å². The molecule has 0 aliphatic heterocycles. The van der Waals surface area contributed by atoms with E-state index < -0.39 is 58.3 Å². The topological polar surface area (TPSA) is 152 Å². The Kier molecular flexibility index (Phi) is 6.35. The quantitative estimate of drug-likeness (QED) is 0.518. The summed E-state index contributed by atoms with van der Waals surface area (Å²) in [7, 11) is 0. The molecule has 4 N–H and O–H groups in total. The lowest BCUT2D eigenvalue weighted by Crippen LogP contribution is -2.68. The van der Waals surface area contributed by atoms with Gasteiger partial charge in [0.05, 0.1) is 11.5 Å². The van der Waals surface area contributed by atoms with Crippen LogP contribution in [0, 0.1) is 30.6 Å². The van der Waals surface area contributed by atoms with Gasteiger partial charge < -0.3 is 15.9 Å². The Labute approximate surface area is 213 Å². The first-order valence-electron chi connectivity index (χ1n) is 12.7. The number of phenols is 1. The third-order valence-electron chi connectivity index (χ3n) is 8.73. The molecule has 0 heterocycles. The summed E-state index contributed by atoms with van der Waals surface area (Å²) in [6.45, 7) is 1.88. The fraction of sp³-hybridized carbons (Fsp3) is 0.593. The molecule has 0 spiro atoms. The van der Waals surface area contributed by atoms with E-state index in [-0.39, 0.29) is 24.2 Å². The second-order valence-electron chi connectivity index (χ2n) is 10.9. The fourth-order valence-electron chi connectivity index (χ4n) is 6.84. The number of amides is 1. The van der Waals surface area contributed by atoms with Crippen molar-refractivity contribution in [3.8, 4) is 5.75 Å². The number of Topliss-reactive ketones (excluding diaryl/α,β-unsaturated/α-hetero) is 4. The molecule has 3 fully saturated rings. The van der Waals surface area contributed by atoms with Crippen molar-refractivity contribution in [2.75, 3.05) is 0 Å². The van der Waals surface area contributed by atoms with Gasteiger partial charge in [-0.15, -0.1) is 0 Å². The normalized spacial score (nSPS) is 32.6. The largest absolute Gasteiger partial charge is 0.507 e. The van der Waals surface area contributed by atoms with Crippen molar-refractivity contribution in [3.05, 3.63) is 28.3 Å². The second-order valence-corrected chi connectivity index (χ2v) is 12.2. The number of aromatic hydroxyl groups is 1. The first-order chi connectivity index (χ1) is 17.1. The molecule has 0 radical (unpaired) electrons. The highest BCUT2D eigenvalue weighted by Gasteiger charge is 2.66. The van der Waals surface area contributed by atoms with Gasteiger partial charge in [-0.3, -0.25) is 24.0 Å². The van der Waals surface area contributed by atoms with Gasteiger partial charge >= 0.3 is 0 Å². The molecule has 5 rings (SSSR count). The highest BCUT2D eigenvalue weighted by atomic mass is 32.2. The molecular formula is C27H31NO7S. The first kappa shape index (κ1) is 25.1. The molecule has 3 saturated carbocycles. The van der Waals surface area contributed by atoms with Crippen molar-refractivity contribution in [2.45, 2.75) is 74.9 Å². The molecule has 1 aromatic carbocycles. The van der Waals surface area contributed by atoms with Crippen LogP contribution in [0.1, 0.15) is 72.0 Å². The zero-order valence-corrected chi connectivity index (χ0v) is 21.1. The van der Waals surface area contributed by atoms with Crippen LogP contribution in [0.5, 0.6) is 5.75 Å². The molecule has 0 bridgehead atoms. The Morgan fingerprint density at radius 3 is 2.47 bits per heavy atom. The molecule has 9 heteroatoms. The smallest absolute Gasteiger partial charge is 0.235 e. The summed E-state index contributed by atoms with van der Waals surface area (Å²) in [6.07, 6.45) is 6.01. The average Bonchev–Trinajstić information content (AvgIpc) is 2.83. The van der Waals surface area contributed by atoms with Gasteiger partial charge in [-0.2, -0.15) is 11.8 Å². The van der Waals surface area contributed by atoms with Crippen LogP contribution in [-0.2, 0) is 31.4 Å². The van der Waals surface area contributed by atoms with Crippen LogP contribution in [0.25, 0.3) is 0 Å². The van der Waals surface area contributed by atoms with Crippen molar-refractivity contribution in [1.82, 2.24) is 0 Å². The van der Waals surface area contributed by atoms with E-state index in [1.807, 2.05) is 13.0 Å². The minimum Gasteiger partial charge on any atom is -0.507 e. The standard InChI is InChI=1S/C27H31NO7S/c1-12-7-14(11-36-16-5-3-2-4-6-16)22(30)20-17(12)9-13-8-15-10-18(29)21(26(28)34)25(33)27(15,35)24(32)19(13)23(20)31/h7,13,15-16,19,21,30,35H,2-6,8-11H2,1H3,(H2,28,34)/t13?,15?,19?,21?,27-/m0/s1. The number of hydrogen-bond donors (Lipinski definition) is 3. The van der Waals surface area contributed by atoms with E-state index >= 15 is 0 Å². The number of nitrogens with two attached hydrogens (primary N) is 1. The molecular weight excluding hydrogens is 482 g/mol. The Morgan fingerprint density at radius 2 is 1.81 bits per heavy atom. The maximum atomic E-state index is 13.7. The van der Waals surface area contributed by atoms with Crippen LogP contribution in [0.3, 0.4) is 0 Å². The van der Waals surface area contributed by atoms with Crippen LogP contribution in [0.15, 0.2) is 6.07 Å². The van der Waals surface area contributed by atoms with E-state index in [0.29, 0.717) is 28.6 Å². The minimum absolute atomic E-state index is 0.0941. The fourth-order valence-corrected chi connectivity index (χ4v) is 8.14. The molecule has 4 aliphatic rings. The predicted molar refractivity (Wildman–Crippen MR) is 131 cm³/mol. The highest BCUT2D eigenvalue weighted by Crippen LogP contribution is 2.51. The lowest BCUT2D eigenvalue weighted by molar-refractivity contribution is -0.175. The number of rotatable bonds is 4. The van der Waals surface area contributed by atoms with Gasteiger partial charge in [-0.1, -0.05) is 25.3 Å². The summed E-state index contributed by atoms with van der Waals surface area (Å²) in [6, 6.07) is 1.91. The second kappa shape index (κ2) is 9.10. The van der Waals surface area contributed by atoms with E-state index in [1.165, 1.54) is 19.3 Å². The molecule has 4 aliphatic carbocycles. The van der Waals surface area contributed by atoms with Crippen LogP contribution in [0.2, 0.25) is 0 Å². The molecule has 36 heavy (non-hydrogen) atoms. The molecule has 8 nitrogen and oxygen atoms in total. The average molecular weight is 514 g/mol. The zero-order valence-electron chi connectivity index (χ0n) is 20.2. The number of aryl methyl sites for hydroxylation is 1. The minimum atomic E-state index is -2.61. The van der Waals surface area contributed by atoms with E-state index in [0.717, 1.165) is 18.4 Å². The molecule has 192 valence electrons. The number of fused-ring (bicyclic) bond motifs is 3. The number of benzene rings is 1. The Morgan fingerprint density at radius 1 is 1.11 bits per heavy atom. The lowest BCUT2D eigenvalue weighted by Gasteiger charge is -2.48. The molecule has 0 saturated heterocycles. The van der Waals surface area contributed by atoms with Crippen molar-refractivity contribution in [1.29, 1.82) is 0 Å². The maximum Gasteiger partial charge on any atom is 0.235 e. The summed E-state index contributed by atoms with van der Waals surface area (Å²) in [5, 5.41) is 23.0. The van der Waals surface area contributed by atoms with Crippen LogP contribution < -0.4 is 5.73 Å². The number of ketones is 4. The van der Waals surface area contributed by atoms with Crippen molar-refractivity contribution in [3.63, 3.8) is 0 Å². The Bertz CT molecular complexity index is 1190. The molecule has 1 aromatic rings. The zero-order chi connectivity index (χ0) is 25.9. The van der Waals surface area contributed by atoms with Crippen molar-refractivity contribution >= 4 is 40.8 Å². The summed E-state index contributed by atoms with van der Waals surface area (Å²) in [4.78, 5) is 64.5. The van der Waals surface area contributed by atoms with Gasteiger partial charge in [0.25, 0.3) is 0 Å². The number of carbonyl (C=O) groups excluding carboxylic acids is 5. The lowest BCUT2D eigenvalue weighted by atomic mass is 9.53. The Hall–Kier alpha value is -2.52. The Balaban J connectivity index is 1.48. The van der Waals surface area contributed by atoms with Gasteiger partial charge in [0.1, 0.15) is 5.75 Å². The van der Waals surface area contributed by atoms with E-state index in [2.05, 4.69) is 0 Å². The van der Waals surface area contributed by atoms with Gasteiger partial charge in [0.15, 0.2) is 34.7 Å². The number of aliphatic hydroxyl groups is 1. The van der Waals surface area contributed by atoms with Gasteiger partial charge in [-0.05, 0) is 49.7 Å². The summed E-state index contributed by atoms with van der Waals surface area (Å²) < 4.78 is 0. The van der Waals surface area contributed by atoms with Gasteiger partial charge in [0, 0.05) is 28.9 Å². The SMILES string of the molecule is Cc1cc(CSC2CCCCC2)c(O)c2c1CC1CC3CC(=O)C(C(N)=O)C(=O)[C@@]3(O)C(=O)C1C2=O.